The second-order valence-corrected chi connectivity index (χ2v) is 6.69. The van der Waals surface area contributed by atoms with Gasteiger partial charge in [-0.3, -0.25) is 14.3 Å². The summed E-state index contributed by atoms with van der Waals surface area (Å²) in [5, 5.41) is 15.9. The summed E-state index contributed by atoms with van der Waals surface area (Å²) in [4.78, 5) is 38.1. The fraction of sp³-hybridized carbons (Fsp3) is 0.200. The molecule has 0 spiro atoms. The molecule has 0 bridgehead atoms. The third-order valence-electron chi connectivity index (χ3n) is 4.86. The van der Waals surface area contributed by atoms with Crippen molar-refractivity contribution in [1.82, 2.24) is 14.7 Å². The highest BCUT2D eigenvalue weighted by Gasteiger charge is 2.26. The number of hydrogen-bond donors (Lipinski definition) is 2. The molecule has 2 N–H and O–H groups in total. The largest absolute Gasteiger partial charge is 0.476 e. The minimum atomic E-state index is -1.10. The molecule has 2 amide bonds. The van der Waals surface area contributed by atoms with Gasteiger partial charge in [-0.15, -0.1) is 0 Å². The molecule has 1 aliphatic heterocycles. The zero-order valence-corrected chi connectivity index (χ0v) is 15.6. The number of aromatic carboxylic acids is 1. The lowest BCUT2D eigenvalue weighted by Crippen LogP contribution is -2.38. The van der Waals surface area contributed by atoms with Crippen LogP contribution in [0.3, 0.4) is 0 Å². The molecule has 3 aromatic rings. The van der Waals surface area contributed by atoms with Gasteiger partial charge in [0.1, 0.15) is 0 Å². The maximum atomic E-state index is 13.1. The molecule has 4 rings (SSSR count). The molecule has 29 heavy (non-hydrogen) atoms. The SMILES string of the molecule is Cc1c(NC(=O)c2ccco2)cccc1C(=O)N1CCn2nc(C(=O)O)cc2C1. The normalized spacial score (nSPS) is 13.1. The van der Waals surface area contributed by atoms with Crippen LogP contribution in [-0.4, -0.2) is 44.1 Å². The monoisotopic (exact) mass is 394 g/mol. The van der Waals surface area contributed by atoms with Gasteiger partial charge in [-0.25, -0.2) is 4.79 Å². The summed E-state index contributed by atoms with van der Waals surface area (Å²) in [6.45, 7) is 2.86. The lowest BCUT2D eigenvalue weighted by molar-refractivity contribution is 0.0679. The Hall–Kier alpha value is -3.88. The van der Waals surface area contributed by atoms with Crippen LogP contribution in [0.15, 0.2) is 47.1 Å². The third-order valence-corrected chi connectivity index (χ3v) is 4.86. The number of carbonyl (C=O) groups excluding carboxylic acids is 2. The Labute approximate surface area is 165 Å². The molecule has 0 atom stereocenters. The van der Waals surface area contributed by atoms with Crippen molar-refractivity contribution >= 4 is 23.5 Å². The minimum absolute atomic E-state index is 0.0342. The third kappa shape index (κ3) is 3.49. The van der Waals surface area contributed by atoms with Gasteiger partial charge in [0.05, 0.1) is 25.0 Å². The van der Waals surface area contributed by atoms with Crippen molar-refractivity contribution in [2.45, 2.75) is 20.0 Å². The predicted molar refractivity (Wildman–Crippen MR) is 102 cm³/mol. The fourth-order valence-electron chi connectivity index (χ4n) is 3.31. The van der Waals surface area contributed by atoms with Crippen molar-refractivity contribution in [2.75, 3.05) is 11.9 Å². The van der Waals surface area contributed by atoms with Gasteiger partial charge in [0, 0.05) is 17.8 Å². The van der Waals surface area contributed by atoms with Gasteiger partial charge in [0.2, 0.25) is 0 Å². The van der Waals surface area contributed by atoms with Crippen LogP contribution < -0.4 is 5.32 Å². The van der Waals surface area contributed by atoms with E-state index in [0.29, 0.717) is 35.6 Å². The van der Waals surface area contributed by atoms with Crippen molar-refractivity contribution in [3.8, 4) is 0 Å². The van der Waals surface area contributed by atoms with Crippen LogP contribution in [0, 0.1) is 6.92 Å². The van der Waals surface area contributed by atoms with Crippen molar-refractivity contribution in [3.05, 3.63) is 70.9 Å². The van der Waals surface area contributed by atoms with E-state index in [1.54, 1.807) is 46.8 Å². The molecule has 0 aliphatic carbocycles. The van der Waals surface area contributed by atoms with Gasteiger partial charge in [0.15, 0.2) is 11.5 Å². The molecule has 0 saturated heterocycles. The summed E-state index contributed by atoms with van der Waals surface area (Å²) in [5.41, 5.74) is 2.26. The first kappa shape index (κ1) is 18.5. The van der Waals surface area contributed by atoms with Gasteiger partial charge in [-0.1, -0.05) is 6.07 Å². The van der Waals surface area contributed by atoms with E-state index >= 15 is 0 Å². The number of carboxylic acid groups (broad SMARTS) is 1. The van der Waals surface area contributed by atoms with E-state index in [0.717, 1.165) is 0 Å². The second-order valence-electron chi connectivity index (χ2n) is 6.69. The van der Waals surface area contributed by atoms with Crippen molar-refractivity contribution < 1.29 is 23.9 Å². The summed E-state index contributed by atoms with van der Waals surface area (Å²) < 4.78 is 6.71. The van der Waals surface area contributed by atoms with Gasteiger partial charge < -0.3 is 19.7 Å². The Morgan fingerprint density at radius 3 is 2.72 bits per heavy atom. The van der Waals surface area contributed by atoms with Gasteiger partial charge in [0.25, 0.3) is 11.8 Å². The average molecular weight is 394 g/mol. The summed E-state index contributed by atoms with van der Waals surface area (Å²) in [7, 11) is 0. The van der Waals surface area contributed by atoms with Crippen LogP contribution in [0.5, 0.6) is 0 Å². The van der Waals surface area contributed by atoms with E-state index in [9.17, 15) is 14.4 Å². The van der Waals surface area contributed by atoms with Crippen molar-refractivity contribution in [3.63, 3.8) is 0 Å². The Morgan fingerprint density at radius 1 is 1.17 bits per heavy atom. The van der Waals surface area contributed by atoms with Crippen LogP contribution in [0.4, 0.5) is 5.69 Å². The summed E-state index contributed by atoms with van der Waals surface area (Å²) in [5.74, 6) is -1.51. The number of carbonyl (C=O) groups is 3. The minimum Gasteiger partial charge on any atom is -0.476 e. The number of anilines is 1. The zero-order chi connectivity index (χ0) is 20.5. The van der Waals surface area contributed by atoms with Crippen LogP contribution in [-0.2, 0) is 13.1 Å². The first-order valence-electron chi connectivity index (χ1n) is 8.98. The summed E-state index contributed by atoms with van der Waals surface area (Å²) in [6.07, 6.45) is 1.42. The Morgan fingerprint density at radius 2 is 2.00 bits per heavy atom. The predicted octanol–water partition coefficient (Wildman–Crippen LogP) is 2.39. The number of furan rings is 1. The number of benzene rings is 1. The number of hydrogen-bond acceptors (Lipinski definition) is 5. The highest BCUT2D eigenvalue weighted by atomic mass is 16.4. The molecular formula is C20H18N4O5. The first-order chi connectivity index (χ1) is 13.9. The molecule has 9 heteroatoms. The maximum absolute atomic E-state index is 13.1. The molecule has 0 unspecified atom stereocenters. The van der Waals surface area contributed by atoms with Crippen LogP contribution >= 0.6 is 0 Å². The molecule has 0 fully saturated rings. The van der Waals surface area contributed by atoms with Crippen LogP contribution in [0.1, 0.15) is 42.7 Å². The molecule has 148 valence electrons. The van der Waals surface area contributed by atoms with Crippen molar-refractivity contribution in [2.24, 2.45) is 0 Å². The Kier molecular flexibility index (Phi) is 4.63. The average Bonchev–Trinajstić information content (AvgIpc) is 3.38. The lowest BCUT2D eigenvalue weighted by Gasteiger charge is -2.28. The molecule has 1 aromatic carbocycles. The highest BCUT2D eigenvalue weighted by molar-refractivity contribution is 6.04. The van der Waals surface area contributed by atoms with Crippen molar-refractivity contribution in [1.29, 1.82) is 0 Å². The second kappa shape index (κ2) is 7.27. The number of nitrogens with one attached hydrogen (secondary N) is 1. The smallest absolute Gasteiger partial charge is 0.356 e. The lowest BCUT2D eigenvalue weighted by atomic mass is 10.0. The Balaban J connectivity index is 1.54. The maximum Gasteiger partial charge on any atom is 0.356 e. The summed E-state index contributed by atoms with van der Waals surface area (Å²) >= 11 is 0. The molecule has 2 aromatic heterocycles. The molecule has 9 nitrogen and oxygen atoms in total. The zero-order valence-electron chi connectivity index (χ0n) is 15.6. The van der Waals surface area contributed by atoms with E-state index < -0.39 is 11.9 Å². The molecule has 1 aliphatic rings. The Bertz CT molecular complexity index is 1100. The van der Waals surface area contributed by atoms with E-state index in [-0.39, 0.29) is 23.9 Å². The van der Waals surface area contributed by atoms with E-state index in [2.05, 4.69) is 10.4 Å². The van der Waals surface area contributed by atoms with Gasteiger partial charge in [-0.2, -0.15) is 5.10 Å². The van der Waals surface area contributed by atoms with Gasteiger partial charge >= 0.3 is 5.97 Å². The first-order valence-corrected chi connectivity index (χ1v) is 8.98. The number of amides is 2. The number of rotatable bonds is 4. The molecular weight excluding hydrogens is 376 g/mol. The van der Waals surface area contributed by atoms with E-state index in [4.69, 9.17) is 9.52 Å². The van der Waals surface area contributed by atoms with E-state index in [1.807, 2.05) is 0 Å². The standard InChI is InChI=1S/C20H18N4O5/c1-12-14(4-2-5-15(12)21-18(25)17-6-3-9-29-17)19(26)23-7-8-24-13(11-23)10-16(22-24)20(27)28/h2-6,9-10H,7-8,11H2,1H3,(H,21,25)(H,27,28). The van der Waals surface area contributed by atoms with Crippen LogP contribution in [0.2, 0.25) is 0 Å². The highest BCUT2D eigenvalue weighted by Crippen LogP contribution is 2.23. The summed E-state index contributed by atoms with van der Waals surface area (Å²) in [6, 6.07) is 9.79. The fourth-order valence-corrected chi connectivity index (χ4v) is 3.31. The van der Waals surface area contributed by atoms with E-state index in [1.165, 1.54) is 12.3 Å². The van der Waals surface area contributed by atoms with Gasteiger partial charge in [-0.05, 0) is 42.8 Å². The molecule has 3 heterocycles. The molecule has 0 radical (unpaired) electrons. The quantitative estimate of drug-likeness (QED) is 0.702. The number of nitrogens with zero attached hydrogens (tertiary/aromatic N) is 3. The number of fused-ring (bicyclic) bond motifs is 1. The molecule has 0 saturated carbocycles. The number of aromatic nitrogens is 2. The number of carboxylic acids is 1. The van der Waals surface area contributed by atoms with Crippen LogP contribution in [0.25, 0.3) is 0 Å². The topological polar surface area (TPSA) is 118 Å².